The van der Waals surface area contributed by atoms with E-state index in [4.69, 9.17) is 9.47 Å². The van der Waals surface area contributed by atoms with Crippen molar-refractivity contribution in [3.05, 3.63) is 196 Å². The van der Waals surface area contributed by atoms with Gasteiger partial charge in [0, 0.05) is 41.3 Å². The summed E-state index contributed by atoms with van der Waals surface area (Å²) in [4.78, 5) is 4.98. The van der Waals surface area contributed by atoms with Gasteiger partial charge in [-0.1, -0.05) is 115 Å². The Bertz CT molecular complexity index is 2280. The highest BCUT2D eigenvalue weighted by Gasteiger charge is 2.27. The lowest BCUT2D eigenvalue weighted by molar-refractivity contribution is 0.0171. The first kappa shape index (κ1) is 48.1. The van der Waals surface area contributed by atoms with Gasteiger partial charge in [0.25, 0.3) is 0 Å². The third-order valence-corrected chi connectivity index (χ3v) is 12.4. The molecule has 6 aromatic carbocycles. The van der Waals surface area contributed by atoms with Crippen molar-refractivity contribution in [2.45, 2.75) is 137 Å². The summed E-state index contributed by atoms with van der Waals surface area (Å²) in [5.41, 5.74) is 9.20. The van der Waals surface area contributed by atoms with Gasteiger partial charge in [0.2, 0.25) is 0 Å². The number of hydrogen-bond donors (Lipinski definition) is 2. The number of rotatable bonds is 23. The van der Waals surface area contributed by atoms with Crippen molar-refractivity contribution in [1.82, 2.24) is 4.90 Å². The first-order valence-electron chi connectivity index (χ1n) is 23.5. The molecule has 0 spiro atoms. The van der Waals surface area contributed by atoms with Gasteiger partial charge in [0.15, 0.2) is 0 Å². The molecule has 338 valence electrons. The van der Waals surface area contributed by atoms with E-state index >= 15 is 0 Å². The SMILES string of the molecule is CC(C)N(CCC(c1ccccc1)c1cc(C(O)C(O)c2ccc(OCc3ccccc3)c(CCCc3cccc(N(C(C)C)C(C)C)c3)c2)ccc1OCc1ccccc1)C(C)C. The summed E-state index contributed by atoms with van der Waals surface area (Å²) in [6.07, 6.45) is 1.06. The van der Waals surface area contributed by atoms with Crippen molar-refractivity contribution in [2.24, 2.45) is 0 Å². The van der Waals surface area contributed by atoms with E-state index in [-0.39, 0.29) is 5.92 Å². The summed E-state index contributed by atoms with van der Waals surface area (Å²) in [5.74, 6) is 1.56. The molecule has 64 heavy (non-hydrogen) atoms. The van der Waals surface area contributed by atoms with Gasteiger partial charge in [-0.15, -0.1) is 0 Å². The van der Waals surface area contributed by atoms with Crippen LogP contribution in [-0.4, -0.2) is 45.8 Å². The lowest BCUT2D eigenvalue weighted by Crippen LogP contribution is -2.38. The van der Waals surface area contributed by atoms with E-state index in [1.54, 1.807) is 0 Å². The predicted molar refractivity (Wildman–Crippen MR) is 265 cm³/mol. The van der Waals surface area contributed by atoms with E-state index in [0.717, 1.165) is 66.0 Å². The zero-order valence-electron chi connectivity index (χ0n) is 39.5. The molecule has 0 amide bonds. The van der Waals surface area contributed by atoms with Gasteiger partial charge in [-0.2, -0.15) is 0 Å². The summed E-state index contributed by atoms with van der Waals surface area (Å²) in [7, 11) is 0. The number of benzene rings is 6. The van der Waals surface area contributed by atoms with Crippen LogP contribution in [0.4, 0.5) is 5.69 Å². The summed E-state index contributed by atoms with van der Waals surface area (Å²) in [5, 5.41) is 24.2. The Balaban J connectivity index is 1.30. The number of ether oxygens (including phenoxy) is 2. The fourth-order valence-electron chi connectivity index (χ4n) is 9.24. The third kappa shape index (κ3) is 13.1. The molecule has 6 nitrogen and oxygen atoms in total. The quantitative estimate of drug-likeness (QED) is 0.0669. The Morgan fingerprint density at radius 3 is 1.55 bits per heavy atom. The standard InChI is InChI=1S/C58H72N2O4/c1-41(2)59(42(3)4)35-34-53(48-26-16-11-17-27-48)54-38-51(31-33-56(54)64-40-47-22-14-10-15-23-47)58(62)57(61)50-30-32-55(63-39-46-20-12-9-13-21-46)49(37-50)28-18-24-45-25-19-29-52(36-45)60(43(5)6)44(7)8/h9-17,19-23,25-27,29-33,36-38,41-44,53,57-58,61-62H,18,24,28,34-35,39-40H2,1-8H3. The summed E-state index contributed by atoms with van der Waals surface area (Å²) >= 11 is 0. The van der Waals surface area contributed by atoms with Crippen LogP contribution in [0.15, 0.2) is 152 Å². The molecular weight excluding hydrogens is 789 g/mol. The maximum Gasteiger partial charge on any atom is 0.123 e. The van der Waals surface area contributed by atoms with Crippen LogP contribution in [0.25, 0.3) is 0 Å². The molecular formula is C58H72N2O4. The van der Waals surface area contributed by atoms with Crippen LogP contribution in [-0.2, 0) is 26.1 Å². The number of nitrogens with zero attached hydrogens (tertiary/aromatic N) is 2. The largest absolute Gasteiger partial charge is 0.489 e. The Labute approximate surface area is 384 Å². The van der Waals surface area contributed by atoms with E-state index in [0.29, 0.717) is 48.5 Å². The van der Waals surface area contributed by atoms with Crippen LogP contribution in [0, 0.1) is 0 Å². The topological polar surface area (TPSA) is 65.4 Å². The molecule has 0 heterocycles. The molecule has 0 aliphatic heterocycles. The maximum absolute atomic E-state index is 12.1. The van der Waals surface area contributed by atoms with Crippen LogP contribution >= 0.6 is 0 Å². The molecule has 6 aromatic rings. The Morgan fingerprint density at radius 2 is 0.984 bits per heavy atom. The number of aryl methyl sites for hydroxylation is 2. The minimum Gasteiger partial charge on any atom is -0.489 e. The highest BCUT2D eigenvalue weighted by molar-refractivity contribution is 5.50. The molecule has 0 aromatic heterocycles. The molecule has 0 bridgehead atoms. The molecule has 0 saturated carbocycles. The normalized spacial score (nSPS) is 13.2. The predicted octanol–water partition coefficient (Wildman–Crippen LogP) is 13.1. The van der Waals surface area contributed by atoms with Crippen molar-refractivity contribution in [2.75, 3.05) is 11.4 Å². The molecule has 0 aliphatic rings. The first-order valence-corrected chi connectivity index (χ1v) is 23.5. The third-order valence-electron chi connectivity index (χ3n) is 12.4. The summed E-state index contributed by atoms with van der Waals surface area (Å²) < 4.78 is 13.1. The van der Waals surface area contributed by atoms with Gasteiger partial charge in [-0.3, -0.25) is 4.90 Å². The van der Waals surface area contributed by atoms with Crippen molar-refractivity contribution in [3.8, 4) is 11.5 Å². The Hall–Kier alpha value is -5.40. The number of hydrogen-bond acceptors (Lipinski definition) is 6. The van der Waals surface area contributed by atoms with Crippen LogP contribution in [0.2, 0.25) is 0 Å². The van der Waals surface area contributed by atoms with Gasteiger partial charge in [-0.05, 0) is 163 Å². The summed E-state index contributed by atoms with van der Waals surface area (Å²) in [6, 6.07) is 53.3. The fraction of sp³-hybridized carbons (Fsp3) is 0.379. The van der Waals surface area contributed by atoms with Gasteiger partial charge >= 0.3 is 0 Å². The van der Waals surface area contributed by atoms with Crippen molar-refractivity contribution in [1.29, 1.82) is 0 Å². The van der Waals surface area contributed by atoms with Crippen LogP contribution < -0.4 is 14.4 Å². The van der Waals surface area contributed by atoms with Crippen LogP contribution in [0.1, 0.15) is 131 Å². The van der Waals surface area contributed by atoms with Gasteiger partial charge < -0.3 is 24.6 Å². The summed E-state index contributed by atoms with van der Waals surface area (Å²) in [6.45, 7) is 19.8. The molecule has 6 rings (SSSR count). The molecule has 0 saturated heterocycles. The first-order chi connectivity index (χ1) is 30.9. The fourth-order valence-corrected chi connectivity index (χ4v) is 9.24. The second-order valence-electron chi connectivity index (χ2n) is 18.4. The molecule has 0 fully saturated rings. The zero-order valence-corrected chi connectivity index (χ0v) is 39.5. The molecule has 3 unspecified atom stereocenters. The van der Waals surface area contributed by atoms with Crippen molar-refractivity contribution < 1.29 is 19.7 Å². The highest BCUT2D eigenvalue weighted by atomic mass is 16.5. The second kappa shape index (κ2) is 23.5. The van der Waals surface area contributed by atoms with Gasteiger partial charge in [0.1, 0.15) is 36.9 Å². The van der Waals surface area contributed by atoms with Crippen LogP contribution in [0.5, 0.6) is 11.5 Å². The van der Waals surface area contributed by atoms with E-state index < -0.39 is 12.2 Å². The number of aliphatic hydroxyl groups is 2. The second-order valence-corrected chi connectivity index (χ2v) is 18.4. The molecule has 2 N–H and O–H groups in total. The molecule has 3 atom stereocenters. The zero-order chi connectivity index (χ0) is 45.6. The Kier molecular flexibility index (Phi) is 17.7. The average Bonchev–Trinajstić information content (AvgIpc) is 3.29. The molecule has 0 aliphatic carbocycles. The van der Waals surface area contributed by atoms with E-state index in [1.807, 2.05) is 66.7 Å². The van der Waals surface area contributed by atoms with E-state index in [2.05, 4.69) is 150 Å². The Morgan fingerprint density at radius 1 is 0.469 bits per heavy atom. The van der Waals surface area contributed by atoms with Gasteiger partial charge in [-0.25, -0.2) is 0 Å². The van der Waals surface area contributed by atoms with Gasteiger partial charge in [0.05, 0.1) is 0 Å². The van der Waals surface area contributed by atoms with E-state index in [1.165, 1.54) is 16.8 Å². The number of anilines is 1. The highest BCUT2D eigenvalue weighted by Crippen LogP contribution is 2.40. The minimum absolute atomic E-state index is 0.0107. The monoisotopic (exact) mass is 861 g/mol. The molecule has 0 radical (unpaired) electrons. The lowest BCUT2D eigenvalue weighted by atomic mass is 9.85. The van der Waals surface area contributed by atoms with E-state index in [9.17, 15) is 10.2 Å². The van der Waals surface area contributed by atoms with Crippen molar-refractivity contribution >= 4 is 5.69 Å². The smallest absolute Gasteiger partial charge is 0.123 e. The molecule has 6 heteroatoms. The van der Waals surface area contributed by atoms with Crippen LogP contribution in [0.3, 0.4) is 0 Å². The lowest BCUT2D eigenvalue weighted by Gasteiger charge is -2.33. The average molecular weight is 861 g/mol. The maximum atomic E-state index is 12.1. The minimum atomic E-state index is -1.18. The number of aliphatic hydroxyl groups excluding tert-OH is 2. The van der Waals surface area contributed by atoms with Crippen molar-refractivity contribution in [3.63, 3.8) is 0 Å².